The number of ether oxygens (including phenoxy) is 1. The Hall–Kier alpha value is -3.28. The van der Waals surface area contributed by atoms with Crippen molar-refractivity contribution in [3.63, 3.8) is 0 Å². The van der Waals surface area contributed by atoms with Crippen molar-refractivity contribution in [1.29, 1.82) is 0 Å². The lowest BCUT2D eigenvalue weighted by atomic mass is 10.0. The highest BCUT2D eigenvalue weighted by Gasteiger charge is 2.25. The number of hydrogen-bond donors (Lipinski definition) is 0. The van der Waals surface area contributed by atoms with E-state index in [4.69, 9.17) is 4.74 Å². The largest absolute Gasteiger partial charge is 0.452 e. The molecule has 0 aliphatic heterocycles. The van der Waals surface area contributed by atoms with Gasteiger partial charge in [0.1, 0.15) is 5.82 Å². The third-order valence-electron chi connectivity index (χ3n) is 5.24. The Balaban J connectivity index is 1.49. The molecular formula is C23H21FN2O3. The Bertz CT molecular complexity index is 1100. The summed E-state index contributed by atoms with van der Waals surface area (Å²) in [6.45, 7) is -0.286. The van der Waals surface area contributed by atoms with Crippen molar-refractivity contribution in [2.45, 2.75) is 25.8 Å². The molecule has 0 atom stereocenters. The highest BCUT2D eigenvalue weighted by Crippen LogP contribution is 2.30. The molecule has 0 fully saturated rings. The number of fused-ring (bicyclic) bond motifs is 2. The van der Waals surface area contributed by atoms with Gasteiger partial charge in [0.25, 0.3) is 5.91 Å². The minimum absolute atomic E-state index is 0.108. The van der Waals surface area contributed by atoms with E-state index in [9.17, 15) is 14.0 Å². The summed E-state index contributed by atoms with van der Waals surface area (Å²) in [7, 11) is 1.56. The summed E-state index contributed by atoms with van der Waals surface area (Å²) in [6, 6.07) is 13.7. The Morgan fingerprint density at radius 2 is 1.86 bits per heavy atom. The van der Waals surface area contributed by atoms with Crippen LogP contribution in [0.4, 0.5) is 4.39 Å². The van der Waals surface area contributed by atoms with E-state index >= 15 is 0 Å². The number of carbonyl (C=O) groups excluding carboxylic acids is 2. The minimum Gasteiger partial charge on any atom is -0.452 e. The molecule has 29 heavy (non-hydrogen) atoms. The topological polar surface area (TPSA) is 59.5 Å². The predicted molar refractivity (Wildman–Crippen MR) is 107 cm³/mol. The van der Waals surface area contributed by atoms with Crippen molar-refractivity contribution < 1.29 is 18.7 Å². The summed E-state index contributed by atoms with van der Waals surface area (Å²) < 4.78 is 19.2. The van der Waals surface area contributed by atoms with E-state index in [0.717, 1.165) is 41.4 Å². The number of carbonyl (C=O) groups is 2. The first-order valence-electron chi connectivity index (χ1n) is 9.59. The van der Waals surface area contributed by atoms with Gasteiger partial charge in [-0.1, -0.05) is 36.4 Å². The highest BCUT2D eigenvalue weighted by molar-refractivity contribution is 6.05. The smallest absolute Gasteiger partial charge is 0.339 e. The molecule has 6 heteroatoms. The van der Waals surface area contributed by atoms with Gasteiger partial charge >= 0.3 is 5.97 Å². The zero-order chi connectivity index (χ0) is 20.4. The first-order chi connectivity index (χ1) is 14.0. The molecule has 1 aliphatic carbocycles. The quantitative estimate of drug-likeness (QED) is 0.622. The summed E-state index contributed by atoms with van der Waals surface area (Å²) in [4.78, 5) is 31.3. The lowest BCUT2D eigenvalue weighted by molar-refractivity contribution is -0.133. The van der Waals surface area contributed by atoms with Gasteiger partial charge in [-0.15, -0.1) is 0 Å². The van der Waals surface area contributed by atoms with Gasteiger partial charge in [-0.3, -0.25) is 9.78 Å². The molecule has 1 aliphatic rings. The molecule has 3 aromatic rings. The van der Waals surface area contributed by atoms with E-state index in [1.165, 1.54) is 11.0 Å². The summed E-state index contributed by atoms with van der Waals surface area (Å²) in [5.74, 6) is -1.28. The lowest BCUT2D eigenvalue weighted by Crippen LogP contribution is -2.31. The maximum atomic E-state index is 13.8. The van der Waals surface area contributed by atoms with E-state index in [1.807, 2.05) is 24.3 Å². The zero-order valence-electron chi connectivity index (χ0n) is 16.2. The van der Waals surface area contributed by atoms with Gasteiger partial charge in [0, 0.05) is 30.2 Å². The summed E-state index contributed by atoms with van der Waals surface area (Å²) in [6.07, 6.45) is 2.56. The molecule has 0 bridgehead atoms. The fourth-order valence-corrected chi connectivity index (χ4v) is 3.72. The molecule has 148 valence electrons. The van der Waals surface area contributed by atoms with Crippen LogP contribution >= 0.6 is 0 Å². The number of halogens is 1. The third kappa shape index (κ3) is 3.83. The molecule has 0 spiro atoms. The van der Waals surface area contributed by atoms with Crippen LogP contribution in [0.25, 0.3) is 10.9 Å². The van der Waals surface area contributed by atoms with E-state index < -0.39 is 18.5 Å². The molecule has 0 saturated heterocycles. The monoisotopic (exact) mass is 392 g/mol. The molecule has 2 aromatic carbocycles. The average Bonchev–Trinajstić information content (AvgIpc) is 3.19. The lowest BCUT2D eigenvalue weighted by Gasteiger charge is -2.18. The number of likely N-dealkylation sites (N-methyl/N-ethyl adjacent to an activating group) is 1. The van der Waals surface area contributed by atoms with Crippen molar-refractivity contribution >= 4 is 22.8 Å². The van der Waals surface area contributed by atoms with Crippen molar-refractivity contribution in [2.24, 2.45) is 0 Å². The van der Waals surface area contributed by atoms with E-state index in [-0.39, 0.29) is 12.4 Å². The van der Waals surface area contributed by atoms with Crippen molar-refractivity contribution in [3.05, 3.63) is 76.7 Å². The molecule has 1 amide bonds. The Morgan fingerprint density at radius 1 is 1.10 bits per heavy atom. The van der Waals surface area contributed by atoms with Crippen molar-refractivity contribution in [2.75, 3.05) is 13.7 Å². The number of benzene rings is 2. The standard InChI is InChI=1S/C23H21FN2O3/c1-26(13-15-7-2-4-10-18(15)24)21(27)14-29-23(28)22-16-8-3-5-11-19(16)25-20-12-6-9-17(20)22/h2-5,7-8,10-11H,6,9,12-14H2,1H3. The van der Waals surface area contributed by atoms with Crippen LogP contribution < -0.4 is 0 Å². The van der Waals surface area contributed by atoms with Crippen molar-refractivity contribution in [1.82, 2.24) is 9.88 Å². The Morgan fingerprint density at radius 3 is 2.69 bits per heavy atom. The van der Waals surface area contributed by atoms with Gasteiger partial charge in [0.15, 0.2) is 6.61 Å². The predicted octanol–water partition coefficient (Wildman–Crippen LogP) is 3.68. The van der Waals surface area contributed by atoms with E-state index in [1.54, 1.807) is 25.2 Å². The SMILES string of the molecule is CN(Cc1ccccc1F)C(=O)COC(=O)c1c2c(nc3ccccc13)CCC2. The molecule has 0 radical (unpaired) electrons. The minimum atomic E-state index is -0.519. The maximum Gasteiger partial charge on any atom is 0.339 e. The highest BCUT2D eigenvalue weighted by atomic mass is 19.1. The van der Waals surface area contributed by atoms with Crippen LogP contribution in [0.3, 0.4) is 0 Å². The molecule has 5 nitrogen and oxygen atoms in total. The fourth-order valence-electron chi connectivity index (χ4n) is 3.72. The van der Waals surface area contributed by atoms with E-state index in [0.29, 0.717) is 11.1 Å². The number of aromatic nitrogens is 1. The second-order valence-corrected chi connectivity index (χ2v) is 7.20. The number of para-hydroxylation sites is 1. The Kier molecular flexibility index (Phi) is 5.25. The van der Waals surface area contributed by atoms with Gasteiger partial charge in [0.2, 0.25) is 0 Å². The molecule has 0 N–H and O–H groups in total. The number of pyridine rings is 1. The normalized spacial score (nSPS) is 12.6. The second kappa shape index (κ2) is 7.99. The molecule has 0 unspecified atom stereocenters. The van der Waals surface area contributed by atoms with Crippen LogP contribution in [0, 0.1) is 5.82 Å². The van der Waals surface area contributed by atoms with Crippen LogP contribution in [-0.4, -0.2) is 35.4 Å². The van der Waals surface area contributed by atoms with Crippen LogP contribution in [0.1, 0.15) is 33.6 Å². The molecule has 1 aromatic heterocycles. The Labute approximate surface area is 168 Å². The number of hydrogen-bond acceptors (Lipinski definition) is 4. The number of aryl methyl sites for hydroxylation is 1. The van der Waals surface area contributed by atoms with Gasteiger partial charge in [-0.05, 0) is 37.0 Å². The van der Waals surface area contributed by atoms with Crippen LogP contribution in [0.2, 0.25) is 0 Å². The third-order valence-corrected chi connectivity index (χ3v) is 5.24. The van der Waals surface area contributed by atoms with Gasteiger partial charge in [-0.25, -0.2) is 9.18 Å². The van der Waals surface area contributed by atoms with Gasteiger partial charge < -0.3 is 9.64 Å². The zero-order valence-corrected chi connectivity index (χ0v) is 16.2. The number of nitrogens with zero attached hydrogens (tertiary/aromatic N) is 2. The maximum absolute atomic E-state index is 13.8. The number of rotatable bonds is 5. The first-order valence-corrected chi connectivity index (χ1v) is 9.59. The van der Waals surface area contributed by atoms with Crippen LogP contribution in [-0.2, 0) is 28.9 Å². The molecular weight excluding hydrogens is 371 g/mol. The fraction of sp³-hybridized carbons (Fsp3) is 0.261. The first kappa shape index (κ1) is 19.1. The van der Waals surface area contributed by atoms with Crippen LogP contribution in [0.15, 0.2) is 48.5 Å². The van der Waals surface area contributed by atoms with Gasteiger partial charge in [0.05, 0.1) is 11.1 Å². The van der Waals surface area contributed by atoms with E-state index in [2.05, 4.69) is 4.98 Å². The summed E-state index contributed by atoms with van der Waals surface area (Å²) >= 11 is 0. The second-order valence-electron chi connectivity index (χ2n) is 7.20. The number of esters is 1. The number of amides is 1. The van der Waals surface area contributed by atoms with Crippen LogP contribution in [0.5, 0.6) is 0 Å². The summed E-state index contributed by atoms with van der Waals surface area (Å²) in [5.41, 5.74) is 3.52. The molecule has 4 rings (SSSR count). The summed E-state index contributed by atoms with van der Waals surface area (Å²) in [5, 5.41) is 0.741. The van der Waals surface area contributed by atoms with Crippen molar-refractivity contribution in [3.8, 4) is 0 Å². The molecule has 1 heterocycles. The average molecular weight is 392 g/mol. The van der Waals surface area contributed by atoms with Gasteiger partial charge in [-0.2, -0.15) is 0 Å². The molecule has 0 saturated carbocycles.